The first-order valence-electron chi connectivity index (χ1n) is 5.67. The fraction of sp³-hybridized carbons (Fsp3) is 0.214. The van der Waals surface area contributed by atoms with E-state index in [2.05, 4.69) is 34.6 Å². The second kappa shape index (κ2) is 3.97. The van der Waals surface area contributed by atoms with Crippen LogP contribution in [-0.2, 0) is 12.8 Å². The molecule has 2 heterocycles. The van der Waals surface area contributed by atoms with E-state index in [0.717, 1.165) is 19.4 Å². The summed E-state index contributed by atoms with van der Waals surface area (Å²) in [5.41, 5.74) is 5.49. The van der Waals surface area contributed by atoms with E-state index in [0.29, 0.717) is 0 Å². The van der Waals surface area contributed by atoms with Crippen molar-refractivity contribution >= 4 is 5.69 Å². The van der Waals surface area contributed by atoms with Crippen molar-refractivity contribution < 1.29 is 0 Å². The van der Waals surface area contributed by atoms with Gasteiger partial charge >= 0.3 is 0 Å². The lowest BCUT2D eigenvalue weighted by Gasteiger charge is -2.07. The van der Waals surface area contributed by atoms with Crippen LogP contribution in [0, 0.1) is 0 Å². The Balaban J connectivity index is 1.94. The molecule has 0 amide bonds. The minimum Gasteiger partial charge on any atom is -0.384 e. The van der Waals surface area contributed by atoms with E-state index in [-0.39, 0.29) is 0 Å². The van der Waals surface area contributed by atoms with Crippen LogP contribution in [-0.4, -0.2) is 11.5 Å². The molecule has 16 heavy (non-hydrogen) atoms. The lowest BCUT2D eigenvalue weighted by atomic mass is 9.99. The molecule has 1 aliphatic rings. The Morgan fingerprint density at radius 1 is 1.19 bits per heavy atom. The number of pyridine rings is 1. The topological polar surface area (TPSA) is 24.9 Å². The first-order chi connectivity index (χ1) is 7.93. The fourth-order valence-electron chi connectivity index (χ4n) is 2.31. The molecule has 0 saturated heterocycles. The number of nitrogens with zero attached hydrogens (tertiary/aromatic N) is 1. The number of aromatic nitrogens is 1. The molecule has 2 heteroatoms. The van der Waals surface area contributed by atoms with E-state index in [9.17, 15) is 0 Å². The molecule has 1 aromatic heterocycles. The quantitative estimate of drug-likeness (QED) is 0.824. The van der Waals surface area contributed by atoms with Crippen LogP contribution in [0.2, 0.25) is 0 Å². The third-order valence-electron chi connectivity index (χ3n) is 3.08. The number of hydrogen-bond donors (Lipinski definition) is 1. The molecule has 0 atom stereocenters. The summed E-state index contributed by atoms with van der Waals surface area (Å²) in [5, 5.41) is 3.41. The average molecular weight is 210 g/mol. The summed E-state index contributed by atoms with van der Waals surface area (Å²) >= 11 is 0. The number of hydrogen-bond acceptors (Lipinski definition) is 2. The normalized spacial score (nSPS) is 13.2. The predicted molar refractivity (Wildman–Crippen MR) is 65.7 cm³/mol. The van der Waals surface area contributed by atoms with Crippen LogP contribution in [0.4, 0.5) is 5.69 Å². The van der Waals surface area contributed by atoms with Crippen molar-refractivity contribution in [1.29, 1.82) is 0 Å². The highest BCUT2D eigenvalue weighted by Gasteiger charge is 2.13. The molecule has 0 aliphatic carbocycles. The van der Waals surface area contributed by atoms with Gasteiger partial charge in [0.05, 0.1) is 0 Å². The summed E-state index contributed by atoms with van der Waals surface area (Å²) in [6.07, 6.45) is 5.90. The van der Waals surface area contributed by atoms with Gasteiger partial charge in [0.1, 0.15) is 0 Å². The van der Waals surface area contributed by atoms with Gasteiger partial charge < -0.3 is 5.32 Å². The minimum atomic E-state index is 0.985. The number of rotatable bonds is 2. The van der Waals surface area contributed by atoms with Crippen molar-refractivity contribution in [1.82, 2.24) is 4.98 Å². The van der Waals surface area contributed by atoms with E-state index in [1.165, 1.54) is 22.4 Å². The Morgan fingerprint density at radius 2 is 2.19 bits per heavy atom. The summed E-state index contributed by atoms with van der Waals surface area (Å²) in [6, 6.07) is 10.6. The average Bonchev–Trinajstić information content (AvgIpc) is 2.80. The molecular weight excluding hydrogens is 196 g/mol. The van der Waals surface area contributed by atoms with E-state index < -0.39 is 0 Å². The second-order valence-corrected chi connectivity index (χ2v) is 4.16. The van der Waals surface area contributed by atoms with Crippen LogP contribution in [0.25, 0.3) is 0 Å². The van der Waals surface area contributed by atoms with Crippen molar-refractivity contribution in [2.45, 2.75) is 12.8 Å². The number of nitrogens with one attached hydrogen (secondary N) is 1. The molecule has 2 aromatic rings. The zero-order chi connectivity index (χ0) is 10.8. The highest BCUT2D eigenvalue weighted by molar-refractivity contribution is 5.59. The SMILES string of the molecule is c1cncc(Cc2cccc3c2CCN3)c1. The molecule has 0 saturated carbocycles. The first-order valence-corrected chi connectivity index (χ1v) is 5.67. The molecule has 1 aromatic carbocycles. The van der Waals surface area contributed by atoms with E-state index in [1.807, 2.05) is 18.5 Å². The third kappa shape index (κ3) is 1.67. The van der Waals surface area contributed by atoms with E-state index in [1.54, 1.807) is 0 Å². The highest BCUT2D eigenvalue weighted by Crippen LogP contribution is 2.26. The number of fused-ring (bicyclic) bond motifs is 1. The lowest BCUT2D eigenvalue weighted by molar-refractivity contribution is 1.05. The van der Waals surface area contributed by atoms with Gasteiger partial charge in [0.15, 0.2) is 0 Å². The van der Waals surface area contributed by atoms with Gasteiger partial charge in [-0.15, -0.1) is 0 Å². The molecule has 1 N–H and O–H groups in total. The van der Waals surface area contributed by atoms with Crippen LogP contribution in [0.3, 0.4) is 0 Å². The summed E-state index contributed by atoms with van der Waals surface area (Å²) in [7, 11) is 0. The largest absolute Gasteiger partial charge is 0.384 e. The van der Waals surface area contributed by atoms with Crippen LogP contribution >= 0.6 is 0 Å². The summed E-state index contributed by atoms with van der Waals surface area (Å²) in [4.78, 5) is 4.16. The van der Waals surface area contributed by atoms with Crippen molar-refractivity contribution in [3.05, 3.63) is 59.4 Å². The van der Waals surface area contributed by atoms with Crippen LogP contribution < -0.4 is 5.32 Å². The van der Waals surface area contributed by atoms with Crippen LogP contribution in [0.5, 0.6) is 0 Å². The molecule has 0 radical (unpaired) electrons. The molecule has 3 rings (SSSR count). The Bertz CT molecular complexity index is 491. The van der Waals surface area contributed by atoms with Gasteiger partial charge in [-0.3, -0.25) is 4.98 Å². The monoisotopic (exact) mass is 210 g/mol. The van der Waals surface area contributed by atoms with Crippen molar-refractivity contribution in [2.24, 2.45) is 0 Å². The lowest BCUT2D eigenvalue weighted by Crippen LogP contribution is -1.94. The Morgan fingerprint density at radius 3 is 3.06 bits per heavy atom. The van der Waals surface area contributed by atoms with Gasteiger partial charge in [-0.2, -0.15) is 0 Å². The third-order valence-corrected chi connectivity index (χ3v) is 3.08. The Labute approximate surface area is 95.3 Å². The van der Waals surface area contributed by atoms with Gasteiger partial charge in [0, 0.05) is 24.6 Å². The molecule has 0 bridgehead atoms. The van der Waals surface area contributed by atoms with Crippen molar-refractivity contribution in [2.75, 3.05) is 11.9 Å². The van der Waals surface area contributed by atoms with Gasteiger partial charge in [-0.25, -0.2) is 0 Å². The fourth-order valence-corrected chi connectivity index (χ4v) is 2.31. The zero-order valence-corrected chi connectivity index (χ0v) is 9.11. The zero-order valence-electron chi connectivity index (χ0n) is 9.11. The van der Waals surface area contributed by atoms with E-state index in [4.69, 9.17) is 0 Å². The summed E-state index contributed by atoms with van der Waals surface area (Å²) < 4.78 is 0. The maximum atomic E-state index is 4.16. The second-order valence-electron chi connectivity index (χ2n) is 4.16. The number of anilines is 1. The van der Waals surface area contributed by atoms with Gasteiger partial charge in [0.25, 0.3) is 0 Å². The summed E-state index contributed by atoms with van der Waals surface area (Å²) in [5.74, 6) is 0. The van der Waals surface area contributed by atoms with Crippen LogP contribution in [0.1, 0.15) is 16.7 Å². The Kier molecular flexibility index (Phi) is 2.33. The summed E-state index contributed by atoms with van der Waals surface area (Å²) in [6.45, 7) is 1.07. The molecule has 0 fully saturated rings. The van der Waals surface area contributed by atoms with E-state index >= 15 is 0 Å². The van der Waals surface area contributed by atoms with Crippen LogP contribution in [0.15, 0.2) is 42.7 Å². The molecule has 0 unspecified atom stereocenters. The van der Waals surface area contributed by atoms with Crippen molar-refractivity contribution in [3.8, 4) is 0 Å². The minimum absolute atomic E-state index is 0.985. The predicted octanol–water partition coefficient (Wildman–Crippen LogP) is 2.64. The van der Waals surface area contributed by atoms with Gasteiger partial charge in [-0.05, 0) is 41.7 Å². The van der Waals surface area contributed by atoms with Gasteiger partial charge in [-0.1, -0.05) is 18.2 Å². The first kappa shape index (κ1) is 9.40. The standard InChI is InChI=1S/C14H14N2/c1-4-12(9-11-3-2-7-15-10-11)13-6-8-16-14(13)5-1/h1-5,7,10,16H,6,8-9H2. The molecular formula is C14H14N2. The smallest absolute Gasteiger partial charge is 0.0376 e. The Hall–Kier alpha value is -1.83. The van der Waals surface area contributed by atoms with Crippen molar-refractivity contribution in [3.63, 3.8) is 0 Å². The maximum Gasteiger partial charge on any atom is 0.0376 e. The maximum absolute atomic E-state index is 4.16. The highest BCUT2D eigenvalue weighted by atomic mass is 14.9. The number of benzene rings is 1. The molecule has 80 valence electrons. The van der Waals surface area contributed by atoms with Gasteiger partial charge in [0.2, 0.25) is 0 Å². The molecule has 0 spiro atoms. The molecule has 2 nitrogen and oxygen atoms in total. The molecule has 1 aliphatic heterocycles.